The number of pyridine rings is 1. The molecule has 0 unspecified atom stereocenters. The largest absolute Gasteiger partial charge is 0.342 e. The maximum atomic E-state index is 12.0. The summed E-state index contributed by atoms with van der Waals surface area (Å²) in [6, 6.07) is 5.44. The van der Waals surface area contributed by atoms with Crippen molar-refractivity contribution in [1.29, 1.82) is 0 Å². The second-order valence-electron chi connectivity index (χ2n) is 5.54. The van der Waals surface area contributed by atoms with Crippen molar-refractivity contribution in [2.24, 2.45) is 11.7 Å². The van der Waals surface area contributed by atoms with Gasteiger partial charge in [-0.1, -0.05) is 6.07 Å². The normalized spacial score (nSPS) is 25.0. The molecule has 3 rings (SSSR count). The van der Waals surface area contributed by atoms with Crippen LogP contribution in [0.1, 0.15) is 24.5 Å². The molecule has 2 aliphatic rings. The number of piperidine rings is 1. The van der Waals surface area contributed by atoms with Crippen LogP contribution in [-0.2, 0) is 11.3 Å². The van der Waals surface area contributed by atoms with Gasteiger partial charge in [0, 0.05) is 50.3 Å². The molecule has 2 aliphatic heterocycles. The molecule has 1 aromatic heterocycles. The third-order valence-corrected chi connectivity index (χ3v) is 4.19. The monoisotopic (exact) mass is 261 g/mol. The van der Waals surface area contributed by atoms with Crippen molar-refractivity contribution in [1.82, 2.24) is 9.47 Å². The SMILES string of the molecule is NCCC(=O)N1C[C@H]2C[C@H](C1)c1cccc(=O)n1C2. The second kappa shape index (κ2) is 4.81. The van der Waals surface area contributed by atoms with E-state index in [0.29, 0.717) is 24.8 Å². The zero-order valence-corrected chi connectivity index (χ0v) is 10.9. The van der Waals surface area contributed by atoms with Crippen LogP contribution in [0.3, 0.4) is 0 Å². The zero-order chi connectivity index (χ0) is 13.4. The van der Waals surface area contributed by atoms with Gasteiger partial charge in [-0.2, -0.15) is 0 Å². The van der Waals surface area contributed by atoms with E-state index in [1.165, 1.54) is 0 Å². The molecule has 5 heteroatoms. The molecule has 102 valence electrons. The first-order valence-electron chi connectivity index (χ1n) is 6.86. The average Bonchev–Trinajstić information content (AvgIpc) is 2.40. The number of hydrogen-bond donors (Lipinski definition) is 1. The van der Waals surface area contributed by atoms with Crippen LogP contribution in [-0.4, -0.2) is 35.0 Å². The zero-order valence-electron chi connectivity index (χ0n) is 10.9. The Morgan fingerprint density at radius 3 is 2.95 bits per heavy atom. The summed E-state index contributed by atoms with van der Waals surface area (Å²) >= 11 is 0. The highest BCUT2D eigenvalue weighted by molar-refractivity contribution is 5.76. The van der Waals surface area contributed by atoms with Crippen LogP contribution in [0.15, 0.2) is 23.0 Å². The Bertz CT molecular complexity index is 552. The molecule has 0 aliphatic carbocycles. The summed E-state index contributed by atoms with van der Waals surface area (Å²) in [6.45, 7) is 2.62. The Hall–Kier alpha value is -1.62. The van der Waals surface area contributed by atoms with Crippen LogP contribution in [0.25, 0.3) is 0 Å². The molecule has 2 bridgehead atoms. The topological polar surface area (TPSA) is 68.3 Å². The number of carbonyl (C=O) groups excluding carboxylic acids is 1. The number of amides is 1. The molecule has 1 saturated heterocycles. The fraction of sp³-hybridized carbons (Fsp3) is 0.571. The molecule has 0 spiro atoms. The van der Waals surface area contributed by atoms with E-state index in [9.17, 15) is 9.59 Å². The Kier molecular flexibility index (Phi) is 3.14. The third kappa shape index (κ3) is 2.18. The summed E-state index contributed by atoms with van der Waals surface area (Å²) in [5.74, 6) is 0.833. The Labute approximate surface area is 112 Å². The molecule has 5 nitrogen and oxygen atoms in total. The highest BCUT2D eigenvalue weighted by Gasteiger charge is 2.35. The van der Waals surface area contributed by atoms with E-state index in [1.54, 1.807) is 6.07 Å². The maximum Gasteiger partial charge on any atom is 0.250 e. The second-order valence-corrected chi connectivity index (χ2v) is 5.54. The lowest BCUT2D eigenvalue weighted by Gasteiger charge is -2.42. The van der Waals surface area contributed by atoms with E-state index in [4.69, 9.17) is 5.73 Å². The molecule has 2 atom stereocenters. The van der Waals surface area contributed by atoms with Crippen molar-refractivity contribution in [2.75, 3.05) is 19.6 Å². The molecule has 1 fully saturated rings. The highest BCUT2D eigenvalue weighted by Crippen LogP contribution is 2.34. The van der Waals surface area contributed by atoms with Crippen LogP contribution in [0.4, 0.5) is 0 Å². The van der Waals surface area contributed by atoms with Crippen LogP contribution in [0.5, 0.6) is 0 Å². The Morgan fingerprint density at radius 1 is 1.32 bits per heavy atom. The predicted molar refractivity (Wildman–Crippen MR) is 71.8 cm³/mol. The van der Waals surface area contributed by atoms with Gasteiger partial charge in [-0.25, -0.2) is 0 Å². The molecule has 19 heavy (non-hydrogen) atoms. The van der Waals surface area contributed by atoms with Crippen molar-refractivity contribution in [2.45, 2.75) is 25.3 Å². The lowest BCUT2D eigenvalue weighted by molar-refractivity contribution is -0.133. The number of likely N-dealkylation sites (tertiary alicyclic amines) is 1. The molecule has 0 aromatic carbocycles. The molecule has 0 saturated carbocycles. The lowest BCUT2D eigenvalue weighted by Crippen LogP contribution is -2.49. The predicted octanol–water partition coefficient (Wildman–Crippen LogP) is 0.143. The van der Waals surface area contributed by atoms with Gasteiger partial charge in [0.2, 0.25) is 5.91 Å². The fourth-order valence-electron chi connectivity index (χ4n) is 3.38. The number of carbonyl (C=O) groups is 1. The summed E-state index contributed by atoms with van der Waals surface area (Å²) < 4.78 is 1.88. The van der Waals surface area contributed by atoms with Gasteiger partial charge in [0.05, 0.1) is 0 Å². The molecular formula is C14H19N3O2. The number of fused-ring (bicyclic) bond motifs is 4. The summed E-state index contributed by atoms with van der Waals surface area (Å²) in [6.07, 6.45) is 1.50. The molecular weight excluding hydrogens is 242 g/mol. The van der Waals surface area contributed by atoms with Gasteiger partial charge in [-0.05, 0) is 18.4 Å². The smallest absolute Gasteiger partial charge is 0.250 e. The maximum absolute atomic E-state index is 12.0. The van der Waals surface area contributed by atoms with E-state index in [-0.39, 0.29) is 11.5 Å². The number of nitrogens with two attached hydrogens (primary N) is 1. The minimum Gasteiger partial charge on any atom is -0.342 e. The highest BCUT2D eigenvalue weighted by atomic mass is 16.2. The first-order chi connectivity index (χ1) is 9.19. The first kappa shape index (κ1) is 12.4. The van der Waals surface area contributed by atoms with Gasteiger partial charge in [0.25, 0.3) is 5.56 Å². The number of rotatable bonds is 2. The average molecular weight is 261 g/mol. The standard InChI is InChI=1S/C14H19N3O2/c15-5-4-13(18)16-7-10-6-11(9-16)12-2-1-3-14(19)17(12)8-10/h1-3,10-11H,4-9,15H2/t10-,11-/m1/s1. The van der Waals surface area contributed by atoms with Crippen LogP contribution >= 0.6 is 0 Å². The van der Waals surface area contributed by atoms with Crippen molar-refractivity contribution in [3.8, 4) is 0 Å². The molecule has 0 radical (unpaired) electrons. The summed E-state index contributed by atoms with van der Waals surface area (Å²) in [5, 5.41) is 0. The molecule has 3 heterocycles. The van der Waals surface area contributed by atoms with Gasteiger partial charge in [0.15, 0.2) is 0 Å². The van der Waals surface area contributed by atoms with Crippen molar-refractivity contribution in [3.63, 3.8) is 0 Å². The van der Waals surface area contributed by atoms with Crippen LogP contribution in [0, 0.1) is 5.92 Å². The summed E-state index contributed by atoms with van der Waals surface area (Å²) in [5.41, 5.74) is 6.61. The molecule has 1 amide bonds. The summed E-state index contributed by atoms with van der Waals surface area (Å²) in [4.78, 5) is 25.8. The van der Waals surface area contributed by atoms with Gasteiger partial charge in [-0.15, -0.1) is 0 Å². The van der Waals surface area contributed by atoms with Crippen molar-refractivity contribution in [3.05, 3.63) is 34.2 Å². The van der Waals surface area contributed by atoms with Gasteiger partial charge in [0.1, 0.15) is 0 Å². The number of aromatic nitrogens is 1. The van der Waals surface area contributed by atoms with Crippen LogP contribution < -0.4 is 11.3 Å². The lowest BCUT2D eigenvalue weighted by atomic mass is 9.83. The molecule has 1 aromatic rings. The third-order valence-electron chi connectivity index (χ3n) is 4.19. The van der Waals surface area contributed by atoms with Gasteiger partial charge < -0.3 is 15.2 Å². The molecule has 2 N–H and O–H groups in total. The number of nitrogens with zero attached hydrogens (tertiary/aromatic N) is 2. The minimum absolute atomic E-state index is 0.0777. The van der Waals surface area contributed by atoms with Crippen LogP contribution in [0.2, 0.25) is 0 Å². The van der Waals surface area contributed by atoms with Gasteiger partial charge >= 0.3 is 0 Å². The van der Waals surface area contributed by atoms with Gasteiger partial charge in [-0.3, -0.25) is 9.59 Å². The first-order valence-corrected chi connectivity index (χ1v) is 6.86. The fourth-order valence-corrected chi connectivity index (χ4v) is 3.38. The van der Waals surface area contributed by atoms with Crippen molar-refractivity contribution >= 4 is 5.91 Å². The van der Waals surface area contributed by atoms with Crippen molar-refractivity contribution < 1.29 is 4.79 Å². The van der Waals surface area contributed by atoms with E-state index >= 15 is 0 Å². The Balaban J connectivity index is 1.88. The quantitative estimate of drug-likeness (QED) is 0.823. The number of hydrogen-bond acceptors (Lipinski definition) is 3. The van der Waals surface area contributed by atoms with E-state index in [0.717, 1.165) is 31.7 Å². The van der Waals surface area contributed by atoms with E-state index < -0.39 is 0 Å². The Morgan fingerprint density at radius 2 is 2.16 bits per heavy atom. The summed E-state index contributed by atoms with van der Waals surface area (Å²) in [7, 11) is 0. The minimum atomic E-state index is 0.0777. The van der Waals surface area contributed by atoms with E-state index in [2.05, 4.69) is 0 Å². The van der Waals surface area contributed by atoms with E-state index in [1.807, 2.05) is 21.6 Å².